The number of ether oxygens (including phenoxy) is 1. The fourth-order valence-electron chi connectivity index (χ4n) is 5.47. The van der Waals surface area contributed by atoms with E-state index < -0.39 is 11.4 Å². The van der Waals surface area contributed by atoms with Crippen molar-refractivity contribution in [3.05, 3.63) is 42.2 Å². The Kier molecular flexibility index (Phi) is 11.6. The van der Waals surface area contributed by atoms with E-state index in [1.807, 2.05) is 31.5 Å². The molecule has 0 aliphatic heterocycles. The van der Waals surface area contributed by atoms with Crippen molar-refractivity contribution in [2.75, 3.05) is 0 Å². The Balaban J connectivity index is 1.45. The Bertz CT molecular complexity index is 988. The SMILES string of the molecule is CCCCCCCCCC1CCC(c2cnc(-c3ccc(OC(=O)C(C)(C#N)CCC)cc3)nc2)CC1. The molecule has 0 N–H and O–H groups in total. The number of carbonyl (C=O) groups is 1. The molecule has 0 saturated heterocycles. The number of hydrogen-bond donors (Lipinski definition) is 0. The van der Waals surface area contributed by atoms with Crippen LogP contribution in [0.4, 0.5) is 0 Å². The second-order valence-corrected chi connectivity index (χ2v) is 11.1. The van der Waals surface area contributed by atoms with Gasteiger partial charge in [-0.2, -0.15) is 5.26 Å². The number of aromatic nitrogens is 2. The molecule has 1 aliphatic carbocycles. The molecule has 1 fully saturated rings. The number of rotatable bonds is 14. The highest BCUT2D eigenvalue weighted by molar-refractivity contribution is 5.81. The first-order valence-corrected chi connectivity index (χ1v) is 14.5. The zero-order chi connectivity index (χ0) is 26.5. The lowest BCUT2D eigenvalue weighted by atomic mass is 9.77. The third kappa shape index (κ3) is 8.66. The van der Waals surface area contributed by atoms with E-state index in [4.69, 9.17) is 4.74 Å². The smallest absolute Gasteiger partial charge is 0.331 e. The molecule has 0 amide bonds. The van der Waals surface area contributed by atoms with Crippen LogP contribution in [0.15, 0.2) is 36.7 Å². The number of hydrogen-bond acceptors (Lipinski definition) is 5. The molecule has 2 aromatic rings. The van der Waals surface area contributed by atoms with Crippen LogP contribution in [0.5, 0.6) is 5.75 Å². The van der Waals surface area contributed by atoms with Gasteiger partial charge in [-0.05, 0) is 80.7 Å². The van der Waals surface area contributed by atoms with Crippen LogP contribution >= 0.6 is 0 Å². The average molecular weight is 504 g/mol. The molecule has 1 aromatic heterocycles. The molecule has 5 nitrogen and oxygen atoms in total. The maximum Gasteiger partial charge on any atom is 0.331 e. The fraction of sp³-hybridized carbons (Fsp3) is 0.625. The maximum atomic E-state index is 12.5. The fourth-order valence-corrected chi connectivity index (χ4v) is 5.47. The molecule has 0 spiro atoms. The van der Waals surface area contributed by atoms with Gasteiger partial charge in [0, 0.05) is 18.0 Å². The van der Waals surface area contributed by atoms with Gasteiger partial charge >= 0.3 is 5.97 Å². The number of nitrogens with zero attached hydrogens (tertiary/aromatic N) is 3. The van der Waals surface area contributed by atoms with Gasteiger partial charge in [-0.25, -0.2) is 14.8 Å². The molecule has 0 radical (unpaired) electrons. The van der Waals surface area contributed by atoms with E-state index in [9.17, 15) is 10.1 Å². The van der Waals surface area contributed by atoms with Crippen LogP contribution in [0.2, 0.25) is 0 Å². The summed E-state index contributed by atoms with van der Waals surface area (Å²) in [5, 5.41) is 9.39. The van der Waals surface area contributed by atoms with E-state index in [1.165, 1.54) is 82.6 Å². The predicted octanol–water partition coefficient (Wildman–Crippen LogP) is 8.79. The summed E-state index contributed by atoms with van der Waals surface area (Å²) in [5.41, 5.74) is 0.996. The van der Waals surface area contributed by atoms with Gasteiger partial charge in [0.1, 0.15) is 5.75 Å². The summed E-state index contributed by atoms with van der Waals surface area (Å²) in [6.45, 7) is 5.86. The van der Waals surface area contributed by atoms with Crippen LogP contribution in [-0.2, 0) is 4.79 Å². The summed E-state index contributed by atoms with van der Waals surface area (Å²) in [6, 6.07) is 9.28. The third-order valence-corrected chi connectivity index (χ3v) is 7.98. The van der Waals surface area contributed by atoms with Crippen LogP contribution in [0.1, 0.15) is 122 Å². The summed E-state index contributed by atoms with van der Waals surface area (Å²) >= 11 is 0. The number of carbonyl (C=O) groups excluding carboxylic acids is 1. The minimum atomic E-state index is -1.13. The van der Waals surface area contributed by atoms with Gasteiger partial charge < -0.3 is 4.74 Å². The van der Waals surface area contributed by atoms with E-state index in [0.717, 1.165) is 17.9 Å². The molecular weight excluding hydrogens is 458 g/mol. The summed E-state index contributed by atoms with van der Waals surface area (Å²) in [6.07, 6.45) is 21.5. The zero-order valence-electron chi connectivity index (χ0n) is 23.2. The van der Waals surface area contributed by atoms with Crippen LogP contribution in [0.25, 0.3) is 11.4 Å². The van der Waals surface area contributed by atoms with E-state index in [1.54, 1.807) is 19.1 Å². The van der Waals surface area contributed by atoms with E-state index in [0.29, 0.717) is 23.9 Å². The number of unbranched alkanes of at least 4 members (excludes halogenated alkanes) is 6. The minimum Gasteiger partial charge on any atom is -0.425 e. The monoisotopic (exact) mass is 503 g/mol. The highest BCUT2D eigenvalue weighted by atomic mass is 16.5. The Morgan fingerprint density at radius 1 is 0.946 bits per heavy atom. The quantitative estimate of drug-likeness (QED) is 0.146. The van der Waals surface area contributed by atoms with E-state index >= 15 is 0 Å². The first-order chi connectivity index (χ1) is 18.0. The summed E-state index contributed by atoms with van der Waals surface area (Å²) < 4.78 is 5.47. The molecule has 1 atom stereocenters. The van der Waals surface area contributed by atoms with Gasteiger partial charge in [0.2, 0.25) is 0 Å². The average Bonchev–Trinajstić information content (AvgIpc) is 2.93. The Morgan fingerprint density at radius 2 is 1.57 bits per heavy atom. The normalized spacial score (nSPS) is 19.1. The van der Waals surface area contributed by atoms with Crippen LogP contribution in [0, 0.1) is 22.7 Å². The van der Waals surface area contributed by atoms with Crippen molar-refractivity contribution >= 4 is 5.97 Å². The van der Waals surface area contributed by atoms with Gasteiger partial charge in [-0.3, -0.25) is 0 Å². The third-order valence-electron chi connectivity index (χ3n) is 7.98. The van der Waals surface area contributed by atoms with Gasteiger partial charge in [0.25, 0.3) is 0 Å². The standard InChI is InChI=1S/C32H45N3O2/c1-4-6-7-8-9-10-11-12-25-13-15-26(16-14-25)28-22-34-30(35-23-28)27-17-19-29(20-18-27)37-31(36)32(3,24-33)21-5-2/h17-20,22-23,25-26H,4-16,21H2,1-3H3. The van der Waals surface area contributed by atoms with Gasteiger partial charge in [0.15, 0.2) is 11.2 Å². The van der Waals surface area contributed by atoms with Crippen molar-refractivity contribution in [1.82, 2.24) is 9.97 Å². The topological polar surface area (TPSA) is 75.9 Å². The maximum absolute atomic E-state index is 12.5. The van der Waals surface area contributed by atoms with Crippen LogP contribution < -0.4 is 4.74 Å². The summed E-state index contributed by atoms with van der Waals surface area (Å²) in [7, 11) is 0. The molecule has 1 unspecified atom stereocenters. The second kappa shape index (κ2) is 14.9. The molecule has 3 rings (SSSR count). The minimum absolute atomic E-state index is 0.427. The lowest BCUT2D eigenvalue weighted by Crippen LogP contribution is -2.30. The predicted molar refractivity (Wildman–Crippen MR) is 149 cm³/mol. The molecular formula is C32H45N3O2. The highest BCUT2D eigenvalue weighted by Crippen LogP contribution is 2.37. The zero-order valence-corrected chi connectivity index (χ0v) is 23.2. The summed E-state index contributed by atoms with van der Waals surface area (Å²) in [5.74, 6) is 2.05. The van der Waals surface area contributed by atoms with Gasteiger partial charge in [0.05, 0.1) is 6.07 Å². The van der Waals surface area contributed by atoms with Crippen molar-refractivity contribution in [1.29, 1.82) is 5.26 Å². The van der Waals surface area contributed by atoms with Gasteiger partial charge in [-0.1, -0.05) is 71.6 Å². The Labute approximate surface area is 224 Å². The van der Waals surface area contributed by atoms with E-state index in [-0.39, 0.29) is 0 Å². The Morgan fingerprint density at radius 3 is 2.16 bits per heavy atom. The van der Waals surface area contributed by atoms with Crippen molar-refractivity contribution in [2.24, 2.45) is 11.3 Å². The summed E-state index contributed by atoms with van der Waals surface area (Å²) in [4.78, 5) is 21.7. The van der Waals surface area contributed by atoms with Crippen molar-refractivity contribution in [3.63, 3.8) is 0 Å². The molecule has 37 heavy (non-hydrogen) atoms. The molecule has 1 aromatic carbocycles. The largest absolute Gasteiger partial charge is 0.425 e. The van der Waals surface area contributed by atoms with Crippen molar-refractivity contribution in [2.45, 2.75) is 117 Å². The molecule has 1 aliphatic rings. The van der Waals surface area contributed by atoms with E-state index in [2.05, 4.69) is 23.0 Å². The number of esters is 1. The van der Waals surface area contributed by atoms with Gasteiger partial charge in [-0.15, -0.1) is 0 Å². The number of benzene rings is 1. The first-order valence-electron chi connectivity index (χ1n) is 14.5. The van der Waals surface area contributed by atoms with Crippen LogP contribution in [0.3, 0.4) is 0 Å². The second-order valence-electron chi connectivity index (χ2n) is 11.1. The first kappa shape index (κ1) is 28.8. The van der Waals surface area contributed by atoms with Crippen molar-refractivity contribution in [3.8, 4) is 23.2 Å². The lowest BCUT2D eigenvalue weighted by molar-refractivity contribution is -0.142. The molecule has 5 heteroatoms. The van der Waals surface area contributed by atoms with Crippen LogP contribution in [-0.4, -0.2) is 15.9 Å². The highest BCUT2D eigenvalue weighted by Gasteiger charge is 2.34. The molecule has 1 heterocycles. The lowest BCUT2D eigenvalue weighted by Gasteiger charge is -2.28. The molecule has 0 bridgehead atoms. The molecule has 200 valence electrons. The number of nitriles is 1. The Hall–Kier alpha value is -2.74. The van der Waals surface area contributed by atoms with Crippen molar-refractivity contribution < 1.29 is 9.53 Å². The molecule has 1 saturated carbocycles.